The number of ether oxygens (including phenoxy) is 2. The van der Waals surface area contributed by atoms with Crippen LogP contribution in [0.5, 0.6) is 11.5 Å². The minimum Gasteiger partial charge on any atom is -0.454 e. The number of hydrogen-bond acceptors (Lipinski definition) is 6. The van der Waals surface area contributed by atoms with Gasteiger partial charge in [-0.25, -0.2) is 0 Å². The zero-order valence-electron chi connectivity index (χ0n) is 23.5. The lowest BCUT2D eigenvalue weighted by atomic mass is 9.95. The molecule has 0 saturated carbocycles. The Balaban J connectivity index is 1.50. The van der Waals surface area contributed by atoms with Crippen LogP contribution in [0.2, 0.25) is 0 Å². The summed E-state index contributed by atoms with van der Waals surface area (Å²) in [5, 5.41) is 0. The highest BCUT2D eigenvalue weighted by molar-refractivity contribution is 5.95. The molecule has 208 valence electrons. The predicted molar refractivity (Wildman–Crippen MR) is 154 cm³/mol. The summed E-state index contributed by atoms with van der Waals surface area (Å²) >= 11 is 0. The highest BCUT2D eigenvalue weighted by Crippen LogP contribution is 2.39. The summed E-state index contributed by atoms with van der Waals surface area (Å²) in [6.07, 6.45) is 6.11. The molecule has 1 amide bonds. The maximum atomic E-state index is 13.9. The average Bonchev–Trinajstić information content (AvgIpc) is 3.57. The Morgan fingerprint density at radius 2 is 1.89 bits per heavy atom. The van der Waals surface area contributed by atoms with Crippen LogP contribution in [0.15, 0.2) is 42.5 Å². The first-order chi connectivity index (χ1) is 18.5. The van der Waals surface area contributed by atoms with Crippen LogP contribution in [0.25, 0.3) is 0 Å². The second kappa shape index (κ2) is 14.0. The Bertz CT molecular complexity index is 1050. The third-order valence-electron chi connectivity index (χ3n) is 7.99. The van der Waals surface area contributed by atoms with E-state index in [1.54, 1.807) is 0 Å². The Kier molecular flexibility index (Phi) is 10.4. The van der Waals surface area contributed by atoms with Crippen molar-refractivity contribution in [2.45, 2.75) is 64.3 Å². The maximum absolute atomic E-state index is 13.9. The summed E-state index contributed by atoms with van der Waals surface area (Å²) in [5.74, 6) is 2.21. The minimum atomic E-state index is 0.194. The van der Waals surface area contributed by atoms with Gasteiger partial charge >= 0.3 is 0 Å². The molecular formula is C31H46N4O3. The van der Waals surface area contributed by atoms with Gasteiger partial charge < -0.3 is 25.0 Å². The number of anilines is 1. The molecule has 1 saturated heterocycles. The molecule has 7 heteroatoms. The minimum absolute atomic E-state index is 0.194. The van der Waals surface area contributed by atoms with E-state index in [9.17, 15) is 4.79 Å². The maximum Gasteiger partial charge on any atom is 0.241 e. The standard InChI is InChI=1S/C31H46N4O3/c1-4-6-16-35(28-10-7-9-24(5-2)18-28)31(36)22-34-21-26(19-27(34)13-17-33(3)15-8-14-32)25-11-12-29-30(20-25)38-23-37-29/h7,9-12,18,20,26-27H,4-6,8,13-17,19,21-23,32H2,1-3H3. The van der Waals surface area contributed by atoms with Gasteiger partial charge in [0.15, 0.2) is 11.5 Å². The lowest BCUT2D eigenvalue weighted by Crippen LogP contribution is -2.43. The Morgan fingerprint density at radius 1 is 1.05 bits per heavy atom. The number of benzene rings is 2. The number of hydrogen-bond donors (Lipinski definition) is 1. The van der Waals surface area contributed by atoms with E-state index in [1.165, 1.54) is 11.1 Å². The number of fused-ring (bicyclic) bond motifs is 1. The van der Waals surface area contributed by atoms with E-state index in [2.05, 4.69) is 67.1 Å². The molecule has 2 aliphatic rings. The largest absolute Gasteiger partial charge is 0.454 e. The number of nitrogens with two attached hydrogens (primary N) is 1. The van der Waals surface area contributed by atoms with Gasteiger partial charge in [0.1, 0.15) is 0 Å². The molecule has 0 aliphatic carbocycles. The third-order valence-corrected chi connectivity index (χ3v) is 7.99. The van der Waals surface area contributed by atoms with E-state index in [0.29, 0.717) is 25.0 Å². The van der Waals surface area contributed by atoms with Crippen molar-refractivity contribution < 1.29 is 14.3 Å². The van der Waals surface area contributed by atoms with Crippen molar-refractivity contribution >= 4 is 11.6 Å². The zero-order chi connectivity index (χ0) is 26.9. The van der Waals surface area contributed by atoms with Crippen molar-refractivity contribution in [1.82, 2.24) is 9.80 Å². The number of amides is 1. The van der Waals surface area contributed by atoms with Crippen LogP contribution >= 0.6 is 0 Å². The molecular weight excluding hydrogens is 476 g/mol. The molecule has 0 spiro atoms. The molecule has 38 heavy (non-hydrogen) atoms. The number of rotatable bonds is 14. The molecule has 2 heterocycles. The van der Waals surface area contributed by atoms with Crippen LogP contribution in [0, 0.1) is 0 Å². The molecule has 2 aromatic rings. The van der Waals surface area contributed by atoms with E-state index in [-0.39, 0.29) is 12.7 Å². The molecule has 0 radical (unpaired) electrons. The SMILES string of the molecule is CCCCN(C(=O)CN1CC(c2ccc3c(c2)OCO3)CC1CCN(C)CCCN)c1cccc(CC)c1. The number of aryl methyl sites for hydroxylation is 1. The second-order valence-corrected chi connectivity index (χ2v) is 10.8. The fourth-order valence-electron chi connectivity index (χ4n) is 5.65. The Hall–Kier alpha value is -2.61. The van der Waals surface area contributed by atoms with Gasteiger partial charge in [0.05, 0.1) is 6.54 Å². The van der Waals surface area contributed by atoms with E-state index in [0.717, 1.165) is 81.9 Å². The molecule has 2 aliphatic heterocycles. The topological polar surface area (TPSA) is 71.3 Å². The van der Waals surface area contributed by atoms with E-state index in [4.69, 9.17) is 15.2 Å². The van der Waals surface area contributed by atoms with Gasteiger partial charge in [-0.05, 0) is 100 Å². The quantitative estimate of drug-likeness (QED) is 0.390. The molecule has 2 unspecified atom stereocenters. The van der Waals surface area contributed by atoms with Gasteiger partial charge in [-0.1, -0.05) is 38.5 Å². The molecule has 1 fully saturated rings. The summed E-state index contributed by atoms with van der Waals surface area (Å²) < 4.78 is 11.2. The van der Waals surface area contributed by atoms with Gasteiger partial charge in [0.25, 0.3) is 0 Å². The van der Waals surface area contributed by atoms with Gasteiger partial charge in [-0.2, -0.15) is 0 Å². The number of carbonyl (C=O) groups excluding carboxylic acids is 1. The lowest BCUT2D eigenvalue weighted by molar-refractivity contribution is -0.120. The van der Waals surface area contributed by atoms with Gasteiger partial charge in [0, 0.05) is 24.8 Å². The number of carbonyl (C=O) groups is 1. The van der Waals surface area contributed by atoms with E-state index >= 15 is 0 Å². The second-order valence-electron chi connectivity index (χ2n) is 10.8. The lowest BCUT2D eigenvalue weighted by Gasteiger charge is -2.30. The molecule has 0 bridgehead atoms. The van der Waals surface area contributed by atoms with Gasteiger partial charge in [-0.15, -0.1) is 0 Å². The smallest absolute Gasteiger partial charge is 0.241 e. The Morgan fingerprint density at radius 3 is 2.68 bits per heavy atom. The first-order valence-electron chi connectivity index (χ1n) is 14.4. The summed E-state index contributed by atoms with van der Waals surface area (Å²) in [6.45, 7) is 9.42. The molecule has 4 rings (SSSR count). The molecule has 2 N–H and O–H groups in total. The number of likely N-dealkylation sites (tertiary alicyclic amines) is 1. The van der Waals surface area contributed by atoms with Crippen molar-refractivity contribution in [3.8, 4) is 11.5 Å². The monoisotopic (exact) mass is 522 g/mol. The van der Waals surface area contributed by atoms with Crippen LogP contribution in [0.1, 0.15) is 63.0 Å². The highest BCUT2D eigenvalue weighted by Gasteiger charge is 2.35. The predicted octanol–water partition coefficient (Wildman–Crippen LogP) is 4.64. The van der Waals surface area contributed by atoms with Crippen LogP contribution < -0.4 is 20.1 Å². The van der Waals surface area contributed by atoms with E-state index in [1.807, 2.05) is 11.0 Å². The summed E-state index contributed by atoms with van der Waals surface area (Å²) in [6, 6.07) is 15.1. The van der Waals surface area contributed by atoms with Crippen LogP contribution in [-0.2, 0) is 11.2 Å². The first-order valence-corrected chi connectivity index (χ1v) is 14.4. The molecule has 0 aromatic heterocycles. The van der Waals surface area contributed by atoms with Crippen molar-refractivity contribution in [2.75, 3.05) is 58.0 Å². The van der Waals surface area contributed by atoms with Gasteiger partial charge in [0.2, 0.25) is 12.7 Å². The Labute approximate surface area is 228 Å². The van der Waals surface area contributed by atoms with Crippen molar-refractivity contribution in [3.63, 3.8) is 0 Å². The van der Waals surface area contributed by atoms with Crippen molar-refractivity contribution in [1.29, 1.82) is 0 Å². The van der Waals surface area contributed by atoms with Crippen LogP contribution in [0.3, 0.4) is 0 Å². The van der Waals surface area contributed by atoms with Crippen LogP contribution in [0.4, 0.5) is 5.69 Å². The van der Waals surface area contributed by atoms with Crippen LogP contribution in [-0.4, -0.2) is 74.9 Å². The summed E-state index contributed by atoms with van der Waals surface area (Å²) in [5.41, 5.74) is 9.28. The van der Waals surface area contributed by atoms with Crippen molar-refractivity contribution in [2.24, 2.45) is 5.73 Å². The number of unbranched alkanes of at least 4 members (excludes halogenated alkanes) is 1. The third kappa shape index (κ3) is 7.28. The molecule has 7 nitrogen and oxygen atoms in total. The average molecular weight is 523 g/mol. The highest BCUT2D eigenvalue weighted by atomic mass is 16.7. The van der Waals surface area contributed by atoms with Gasteiger partial charge in [-0.3, -0.25) is 9.69 Å². The molecule has 2 aromatic carbocycles. The summed E-state index contributed by atoms with van der Waals surface area (Å²) in [4.78, 5) is 20.7. The fourth-order valence-corrected chi connectivity index (χ4v) is 5.65. The summed E-state index contributed by atoms with van der Waals surface area (Å²) in [7, 11) is 2.17. The van der Waals surface area contributed by atoms with E-state index < -0.39 is 0 Å². The fraction of sp³-hybridized carbons (Fsp3) is 0.581. The first kappa shape index (κ1) is 28.4. The zero-order valence-corrected chi connectivity index (χ0v) is 23.5. The number of nitrogens with zero attached hydrogens (tertiary/aromatic N) is 3. The van der Waals surface area contributed by atoms with Crippen molar-refractivity contribution in [3.05, 3.63) is 53.6 Å². The molecule has 2 atom stereocenters. The normalized spacial score (nSPS) is 18.9.